The quantitative estimate of drug-likeness (QED) is 0.738. The van der Waals surface area contributed by atoms with Gasteiger partial charge in [0.2, 0.25) is 5.95 Å². The molecule has 3 aromatic heterocycles. The molecule has 0 radical (unpaired) electrons. The van der Waals surface area contributed by atoms with Gasteiger partial charge in [0.25, 0.3) is 0 Å². The summed E-state index contributed by atoms with van der Waals surface area (Å²) in [5, 5.41) is 9.52. The SMILES string of the molecule is N#Cc1c(CN2CCN(c3ncccn3)CC2)cn2ccccc12. The summed E-state index contributed by atoms with van der Waals surface area (Å²) in [6, 6.07) is 10.1. The molecule has 4 rings (SSSR count). The minimum atomic E-state index is 0.782. The van der Waals surface area contributed by atoms with Crippen molar-refractivity contribution in [2.45, 2.75) is 6.54 Å². The van der Waals surface area contributed by atoms with Crippen LogP contribution in [0.2, 0.25) is 0 Å². The maximum absolute atomic E-state index is 9.52. The fourth-order valence-corrected chi connectivity index (χ4v) is 3.23. The molecule has 0 atom stereocenters. The molecular weight excluding hydrogens is 300 g/mol. The lowest BCUT2D eigenvalue weighted by Gasteiger charge is -2.34. The molecule has 0 spiro atoms. The van der Waals surface area contributed by atoms with E-state index in [9.17, 15) is 5.26 Å². The summed E-state index contributed by atoms with van der Waals surface area (Å²) in [5.74, 6) is 0.796. The third kappa shape index (κ3) is 2.70. The zero-order valence-corrected chi connectivity index (χ0v) is 13.3. The van der Waals surface area contributed by atoms with Crippen LogP contribution in [-0.2, 0) is 6.54 Å². The lowest BCUT2D eigenvalue weighted by molar-refractivity contribution is 0.248. The number of hydrogen-bond acceptors (Lipinski definition) is 5. The number of hydrogen-bond donors (Lipinski definition) is 0. The Hall–Kier alpha value is -2.91. The summed E-state index contributed by atoms with van der Waals surface area (Å²) in [7, 11) is 0. The molecule has 0 aromatic carbocycles. The van der Waals surface area contributed by atoms with Crippen molar-refractivity contribution in [3.05, 3.63) is 60.2 Å². The number of nitriles is 1. The molecule has 1 saturated heterocycles. The van der Waals surface area contributed by atoms with Crippen LogP contribution < -0.4 is 4.90 Å². The Labute approximate surface area is 140 Å². The highest BCUT2D eigenvalue weighted by Gasteiger charge is 2.20. The van der Waals surface area contributed by atoms with Crippen molar-refractivity contribution in [3.8, 4) is 6.07 Å². The van der Waals surface area contributed by atoms with Crippen molar-refractivity contribution < 1.29 is 0 Å². The van der Waals surface area contributed by atoms with Crippen LogP contribution in [-0.4, -0.2) is 45.4 Å². The first-order chi connectivity index (χ1) is 11.8. The smallest absolute Gasteiger partial charge is 0.225 e. The van der Waals surface area contributed by atoms with Gasteiger partial charge in [-0.25, -0.2) is 9.97 Å². The van der Waals surface area contributed by atoms with Gasteiger partial charge in [0.15, 0.2) is 0 Å². The van der Waals surface area contributed by atoms with Gasteiger partial charge in [-0.3, -0.25) is 4.90 Å². The van der Waals surface area contributed by atoms with E-state index in [1.165, 1.54) is 0 Å². The second-order valence-corrected chi connectivity index (χ2v) is 5.95. The van der Waals surface area contributed by atoms with Gasteiger partial charge in [0, 0.05) is 63.1 Å². The highest BCUT2D eigenvalue weighted by atomic mass is 15.3. The number of fused-ring (bicyclic) bond motifs is 1. The highest BCUT2D eigenvalue weighted by molar-refractivity contribution is 5.65. The summed E-state index contributed by atoms with van der Waals surface area (Å²) in [6.45, 7) is 4.48. The first-order valence-electron chi connectivity index (χ1n) is 8.08. The predicted molar refractivity (Wildman–Crippen MR) is 91.6 cm³/mol. The average molecular weight is 318 g/mol. The summed E-state index contributed by atoms with van der Waals surface area (Å²) in [6.07, 6.45) is 7.62. The first kappa shape index (κ1) is 14.7. The Morgan fingerprint density at radius 3 is 2.58 bits per heavy atom. The fourth-order valence-electron chi connectivity index (χ4n) is 3.23. The largest absolute Gasteiger partial charge is 0.338 e. The molecule has 0 amide bonds. The molecule has 4 heterocycles. The van der Waals surface area contributed by atoms with Crippen molar-refractivity contribution >= 4 is 11.5 Å². The number of aromatic nitrogens is 3. The molecule has 6 nitrogen and oxygen atoms in total. The van der Waals surface area contributed by atoms with Crippen LogP contribution in [0.3, 0.4) is 0 Å². The molecule has 3 aromatic rings. The maximum atomic E-state index is 9.52. The molecule has 0 unspecified atom stereocenters. The monoisotopic (exact) mass is 318 g/mol. The minimum absolute atomic E-state index is 0.782. The fraction of sp³-hybridized carbons (Fsp3) is 0.278. The lowest BCUT2D eigenvalue weighted by atomic mass is 10.1. The van der Waals surface area contributed by atoms with Crippen molar-refractivity contribution in [2.75, 3.05) is 31.1 Å². The molecule has 24 heavy (non-hydrogen) atoms. The minimum Gasteiger partial charge on any atom is -0.338 e. The van der Waals surface area contributed by atoms with Gasteiger partial charge in [0.1, 0.15) is 6.07 Å². The normalized spacial score (nSPS) is 15.5. The number of anilines is 1. The second-order valence-electron chi connectivity index (χ2n) is 5.95. The van der Waals surface area contributed by atoms with Gasteiger partial charge in [-0.05, 0) is 18.2 Å². The van der Waals surface area contributed by atoms with Crippen LogP contribution in [0.1, 0.15) is 11.1 Å². The molecule has 6 heteroatoms. The Morgan fingerprint density at radius 1 is 1.04 bits per heavy atom. The number of rotatable bonds is 3. The third-order valence-electron chi connectivity index (χ3n) is 4.48. The molecule has 0 bridgehead atoms. The molecule has 0 aliphatic carbocycles. The molecule has 0 saturated carbocycles. The average Bonchev–Trinajstić information content (AvgIpc) is 3.00. The van der Waals surface area contributed by atoms with Crippen molar-refractivity contribution in [1.29, 1.82) is 5.26 Å². The Balaban J connectivity index is 1.47. The van der Waals surface area contributed by atoms with E-state index in [4.69, 9.17) is 0 Å². The van der Waals surface area contributed by atoms with Crippen LogP contribution >= 0.6 is 0 Å². The van der Waals surface area contributed by atoms with E-state index in [-0.39, 0.29) is 0 Å². The van der Waals surface area contributed by atoms with Crippen LogP contribution in [0.5, 0.6) is 0 Å². The Bertz CT molecular complexity index is 871. The Morgan fingerprint density at radius 2 is 1.83 bits per heavy atom. The third-order valence-corrected chi connectivity index (χ3v) is 4.48. The first-order valence-corrected chi connectivity index (χ1v) is 8.08. The lowest BCUT2D eigenvalue weighted by Crippen LogP contribution is -2.46. The second kappa shape index (κ2) is 6.30. The Kier molecular flexibility index (Phi) is 3.85. The molecule has 120 valence electrons. The van der Waals surface area contributed by atoms with E-state index in [0.29, 0.717) is 0 Å². The van der Waals surface area contributed by atoms with E-state index >= 15 is 0 Å². The van der Waals surface area contributed by atoms with E-state index < -0.39 is 0 Å². The molecular formula is C18H18N6. The predicted octanol–water partition coefficient (Wildman–Crippen LogP) is 1.92. The van der Waals surface area contributed by atoms with Gasteiger partial charge < -0.3 is 9.30 Å². The molecule has 1 aliphatic heterocycles. The van der Waals surface area contributed by atoms with Crippen molar-refractivity contribution in [3.63, 3.8) is 0 Å². The maximum Gasteiger partial charge on any atom is 0.225 e. The van der Waals surface area contributed by atoms with Crippen LogP contribution in [0.4, 0.5) is 5.95 Å². The van der Waals surface area contributed by atoms with Gasteiger partial charge in [0.05, 0.1) is 11.1 Å². The van der Waals surface area contributed by atoms with Crippen LogP contribution in [0, 0.1) is 11.3 Å². The standard InChI is InChI=1S/C18H18N6/c19-12-16-15(14-24-7-2-1-4-17(16)24)13-22-8-10-23(11-9-22)18-20-5-3-6-21-18/h1-7,14H,8-11,13H2. The van der Waals surface area contributed by atoms with Gasteiger partial charge in [-0.2, -0.15) is 5.26 Å². The molecule has 0 N–H and O–H groups in total. The zero-order chi connectivity index (χ0) is 16.4. The zero-order valence-electron chi connectivity index (χ0n) is 13.3. The topological polar surface area (TPSA) is 60.5 Å². The number of pyridine rings is 1. The molecule has 1 fully saturated rings. The highest BCUT2D eigenvalue weighted by Crippen LogP contribution is 2.20. The van der Waals surface area contributed by atoms with E-state index in [2.05, 4.69) is 32.0 Å². The van der Waals surface area contributed by atoms with Gasteiger partial charge >= 0.3 is 0 Å². The number of nitrogens with zero attached hydrogens (tertiary/aromatic N) is 6. The summed E-state index contributed by atoms with van der Waals surface area (Å²) < 4.78 is 2.03. The van der Waals surface area contributed by atoms with E-state index in [1.54, 1.807) is 12.4 Å². The van der Waals surface area contributed by atoms with E-state index in [0.717, 1.165) is 55.3 Å². The van der Waals surface area contributed by atoms with Gasteiger partial charge in [-0.15, -0.1) is 0 Å². The number of piperazine rings is 1. The van der Waals surface area contributed by atoms with Crippen molar-refractivity contribution in [2.24, 2.45) is 0 Å². The van der Waals surface area contributed by atoms with Crippen molar-refractivity contribution in [1.82, 2.24) is 19.3 Å². The summed E-state index contributed by atoms with van der Waals surface area (Å²) >= 11 is 0. The van der Waals surface area contributed by atoms with Crippen LogP contribution in [0.15, 0.2) is 49.1 Å². The van der Waals surface area contributed by atoms with E-state index in [1.807, 2.05) is 34.9 Å². The summed E-state index contributed by atoms with van der Waals surface area (Å²) in [5.41, 5.74) is 2.85. The summed E-state index contributed by atoms with van der Waals surface area (Å²) in [4.78, 5) is 13.2. The van der Waals surface area contributed by atoms with Gasteiger partial charge in [-0.1, -0.05) is 6.07 Å². The molecule has 1 aliphatic rings. The van der Waals surface area contributed by atoms with Crippen LogP contribution in [0.25, 0.3) is 5.52 Å².